The van der Waals surface area contributed by atoms with Crippen molar-refractivity contribution in [2.45, 2.75) is 33.6 Å². The van der Waals surface area contributed by atoms with Gasteiger partial charge in [-0.05, 0) is 6.92 Å². The molecular formula is C7H16F2O. The van der Waals surface area contributed by atoms with Crippen LogP contribution in [-0.2, 0) is 4.74 Å². The van der Waals surface area contributed by atoms with Gasteiger partial charge in [0.15, 0.2) is 0 Å². The first-order valence-electron chi connectivity index (χ1n) is 3.52. The summed E-state index contributed by atoms with van der Waals surface area (Å²) in [6.07, 6.45) is 0. The third-order valence-electron chi connectivity index (χ3n) is 0.560. The fourth-order valence-corrected chi connectivity index (χ4v) is 0.281. The van der Waals surface area contributed by atoms with Gasteiger partial charge in [-0.15, -0.1) is 0 Å². The largest absolute Gasteiger partial charge is 0.376 e. The van der Waals surface area contributed by atoms with E-state index >= 15 is 0 Å². The van der Waals surface area contributed by atoms with Crippen molar-refractivity contribution in [3.63, 3.8) is 0 Å². The summed E-state index contributed by atoms with van der Waals surface area (Å²) in [4.78, 5) is 0. The van der Waals surface area contributed by atoms with E-state index in [9.17, 15) is 8.78 Å². The Balaban J connectivity index is 0. The number of alkyl halides is 2. The molecule has 0 atom stereocenters. The average Bonchev–Trinajstić information content (AvgIpc) is 1.87. The maximum Gasteiger partial charge on any atom is 0.268 e. The zero-order valence-corrected chi connectivity index (χ0v) is 7.08. The van der Waals surface area contributed by atoms with E-state index in [1.807, 2.05) is 13.8 Å². The Morgan fingerprint density at radius 2 is 1.70 bits per heavy atom. The summed E-state index contributed by atoms with van der Waals surface area (Å²) in [5, 5.41) is 0. The van der Waals surface area contributed by atoms with Gasteiger partial charge in [-0.2, -0.15) is 0 Å². The van der Waals surface area contributed by atoms with E-state index in [1.165, 1.54) is 0 Å². The van der Waals surface area contributed by atoms with Crippen molar-refractivity contribution < 1.29 is 13.5 Å². The van der Waals surface area contributed by atoms with E-state index in [1.54, 1.807) is 6.92 Å². The summed E-state index contributed by atoms with van der Waals surface area (Å²) in [5.74, 6) is -2.67. The normalized spacial score (nSPS) is 10.2. The maximum atomic E-state index is 11.8. The number of hydrogen-bond acceptors (Lipinski definition) is 1. The minimum Gasteiger partial charge on any atom is -0.376 e. The highest BCUT2D eigenvalue weighted by atomic mass is 19.3. The molecule has 1 nitrogen and oxygen atoms in total. The van der Waals surface area contributed by atoms with Crippen LogP contribution < -0.4 is 0 Å². The van der Waals surface area contributed by atoms with Gasteiger partial charge < -0.3 is 4.74 Å². The van der Waals surface area contributed by atoms with Crippen LogP contribution in [0.2, 0.25) is 0 Å². The van der Waals surface area contributed by atoms with Crippen LogP contribution in [0.3, 0.4) is 0 Å². The van der Waals surface area contributed by atoms with Crippen LogP contribution >= 0.6 is 0 Å². The van der Waals surface area contributed by atoms with Gasteiger partial charge in [-0.3, -0.25) is 0 Å². The standard InChI is InChI=1S/C5H10F2O.C2H6/c1-3-8-4-5(2,6)7;1-2/h3-4H2,1-2H3;1-2H3. The van der Waals surface area contributed by atoms with Crippen molar-refractivity contribution in [1.29, 1.82) is 0 Å². The Morgan fingerprint density at radius 3 is 1.80 bits per heavy atom. The molecule has 0 aliphatic rings. The second-order valence-electron chi connectivity index (χ2n) is 1.71. The Labute approximate surface area is 61.4 Å². The SMILES string of the molecule is CC.CCOCC(C)(F)F. The number of rotatable bonds is 3. The Hall–Kier alpha value is -0.180. The third kappa shape index (κ3) is 15.7. The molecule has 3 heteroatoms. The van der Waals surface area contributed by atoms with Crippen molar-refractivity contribution in [3.8, 4) is 0 Å². The smallest absolute Gasteiger partial charge is 0.268 e. The van der Waals surface area contributed by atoms with Crippen LogP contribution in [0.1, 0.15) is 27.7 Å². The zero-order valence-electron chi connectivity index (χ0n) is 7.08. The van der Waals surface area contributed by atoms with Gasteiger partial charge in [0.05, 0.1) is 0 Å². The fourth-order valence-electron chi connectivity index (χ4n) is 0.281. The first-order valence-corrected chi connectivity index (χ1v) is 3.52. The molecule has 64 valence electrons. The van der Waals surface area contributed by atoms with Gasteiger partial charge in [-0.1, -0.05) is 13.8 Å². The molecule has 0 amide bonds. The minimum atomic E-state index is -2.67. The highest BCUT2D eigenvalue weighted by Gasteiger charge is 2.20. The highest BCUT2D eigenvalue weighted by Crippen LogP contribution is 2.10. The van der Waals surface area contributed by atoms with E-state index in [0.717, 1.165) is 6.92 Å². The van der Waals surface area contributed by atoms with Crippen molar-refractivity contribution in [2.75, 3.05) is 13.2 Å². The Kier molecular flexibility index (Phi) is 8.66. The van der Waals surface area contributed by atoms with Gasteiger partial charge in [0.25, 0.3) is 5.92 Å². The van der Waals surface area contributed by atoms with E-state index < -0.39 is 12.5 Å². The molecule has 0 spiro atoms. The highest BCUT2D eigenvalue weighted by molar-refractivity contribution is 4.53. The number of halogens is 2. The molecule has 0 saturated heterocycles. The van der Waals surface area contributed by atoms with Crippen molar-refractivity contribution in [1.82, 2.24) is 0 Å². The molecule has 0 saturated carbocycles. The molecule has 10 heavy (non-hydrogen) atoms. The van der Waals surface area contributed by atoms with Crippen LogP contribution in [0.4, 0.5) is 8.78 Å². The molecule has 0 aromatic heterocycles. The van der Waals surface area contributed by atoms with E-state index in [4.69, 9.17) is 0 Å². The third-order valence-corrected chi connectivity index (χ3v) is 0.560. The van der Waals surface area contributed by atoms with E-state index in [2.05, 4.69) is 4.74 Å². The summed E-state index contributed by atoms with van der Waals surface area (Å²) >= 11 is 0. The molecule has 0 rings (SSSR count). The summed E-state index contributed by atoms with van der Waals surface area (Å²) in [6, 6.07) is 0. The quantitative estimate of drug-likeness (QED) is 0.607. The van der Waals surface area contributed by atoms with Crippen LogP contribution in [0.15, 0.2) is 0 Å². The monoisotopic (exact) mass is 154 g/mol. The molecule has 0 aliphatic heterocycles. The number of ether oxygens (including phenoxy) is 1. The lowest BCUT2D eigenvalue weighted by atomic mass is 10.4. The second kappa shape index (κ2) is 6.93. The van der Waals surface area contributed by atoms with Crippen LogP contribution in [0.25, 0.3) is 0 Å². The molecule has 0 heterocycles. The molecule has 0 unspecified atom stereocenters. The van der Waals surface area contributed by atoms with Gasteiger partial charge in [-0.25, -0.2) is 8.78 Å². The second-order valence-corrected chi connectivity index (χ2v) is 1.71. The Morgan fingerprint density at radius 1 is 1.30 bits per heavy atom. The lowest BCUT2D eigenvalue weighted by Crippen LogP contribution is -2.18. The lowest BCUT2D eigenvalue weighted by Gasteiger charge is -2.07. The first kappa shape index (κ1) is 12.5. The van der Waals surface area contributed by atoms with Gasteiger partial charge in [0.2, 0.25) is 0 Å². The predicted octanol–water partition coefficient (Wildman–Crippen LogP) is 2.70. The molecule has 0 aromatic carbocycles. The fraction of sp³-hybridized carbons (Fsp3) is 1.00. The van der Waals surface area contributed by atoms with Crippen molar-refractivity contribution >= 4 is 0 Å². The van der Waals surface area contributed by atoms with Crippen LogP contribution in [-0.4, -0.2) is 19.1 Å². The topological polar surface area (TPSA) is 9.23 Å². The summed E-state index contributed by atoms with van der Waals surface area (Å²) < 4.78 is 28.0. The molecule has 0 bridgehead atoms. The molecule has 0 N–H and O–H groups in total. The summed E-state index contributed by atoms with van der Waals surface area (Å²) in [7, 11) is 0. The molecular weight excluding hydrogens is 138 g/mol. The maximum absolute atomic E-state index is 11.8. The Bertz CT molecular complexity index is 59.1. The van der Waals surface area contributed by atoms with Gasteiger partial charge in [0.1, 0.15) is 6.61 Å². The lowest BCUT2D eigenvalue weighted by molar-refractivity contribution is -0.0594. The van der Waals surface area contributed by atoms with Gasteiger partial charge in [0, 0.05) is 13.5 Å². The molecule has 0 radical (unpaired) electrons. The van der Waals surface area contributed by atoms with Gasteiger partial charge >= 0.3 is 0 Å². The summed E-state index contributed by atoms with van der Waals surface area (Å²) in [5.41, 5.74) is 0. The molecule has 0 fully saturated rings. The molecule has 0 aromatic rings. The predicted molar refractivity (Wildman–Crippen MR) is 38.5 cm³/mol. The summed E-state index contributed by atoms with van der Waals surface area (Å²) in [6.45, 7) is 6.40. The minimum absolute atomic E-state index is 0.351. The van der Waals surface area contributed by atoms with Crippen molar-refractivity contribution in [2.24, 2.45) is 0 Å². The molecule has 0 aliphatic carbocycles. The van der Waals surface area contributed by atoms with E-state index in [-0.39, 0.29) is 0 Å². The first-order chi connectivity index (χ1) is 4.56. The van der Waals surface area contributed by atoms with Crippen LogP contribution in [0.5, 0.6) is 0 Å². The van der Waals surface area contributed by atoms with Crippen molar-refractivity contribution in [3.05, 3.63) is 0 Å². The van der Waals surface area contributed by atoms with Crippen LogP contribution in [0, 0.1) is 0 Å². The average molecular weight is 154 g/mol. The van der Waals surface area contributed by atoms with E-state index in [0.29, 0.717) is 6.61 Å². The number of hydrogen-bond donors (Lipinski definition) is 0. The zero-order chi connectivity index (χ0) is 8.62.